The first kappa shape index (κ1) is 10.4. The van der Waals surface area contributed by atoms with Crippen LogP contribution in [0.25, 0.3) is 0 Å². The Morgan fingerprint density at radius 3 is 2.54 bits per heavy atom. The van der Waals surface area contributed by atoms with Gasteiger partial charge in [0.05, 0.1) is 0 Å². The van der Waals surface area contributed by atoms with E-state index >= 15 is 0 Å². The molecule has 1 aromatic carbocycles. The van der Waals surface area contributed by atoms with Crippen molar-refractivity contribution >= 4 is 29.7 Å². The highest BCUT2D eigenvalue weighted by atomic mass is 35.5. The fourth-order valence-electron chi connectivity index (χ4n) is 1.02. The van der Waals surface area contributed by atoms with Gasteiger partial charge in [0.1, 0.15) is 0 Å². The van der Waals surface area contributed by atoms with Crippen molar-refractivity contribution in [2.24, 2.45) is 0 Å². The van der Waals surface area contributed by atoms with Gasteiger partial charge in [-0.1, -0.05) is 47.5 Å². The Hall–Kier alpha value is -0.730. The number of halogens is 2. The van der Waals surface area contributed by atoms with Gasteiger partial charge in [-0.25, -0.2) is 0 Å². The molecule has 70 valence electrons. The summed E-state index contributed by atoms with van der Waals surface area (Å²) >= 11 is 11.6. The van der Waals surface area contributed by atoms with E-state index in [4.69, 9.17) is 23.2 Å². The lowest BCUT2D eigenvalue weighted by Gasteiger charge is -2.19. The maximum atomic E-state index is 10.1. The molecule has 13 heavy (non-hydrogen) atoms. The number of rotatable bonds is 3. The summed E-state index contributed by atoms with van der Waals surface area (Å²) in [5.41, 5.74) is 1.44. The van der Waals surface area contributed by atoms with E-state index in [1.165, 1.54) is 0 Å². The number of hydrogen-bond donors (Lipinski definition) is 0. The predicted molar refractivity (Wildman–Crippen MR) is 51.7 cm³/mol. The minimum absolute atomic E-state index is 0.229. The number of alkyl halides is 2. The molecule has 0 saturated carbocycles. The monoisotopic (exact) mass is 218 g/mol. The molecule has 1 aromatic rings. The number of aryl methyl sites for hydroxylation is 1. The predicted octanol–water partition coefficient (Wildman–Crippen LogP) is 2.76. The van der Waals surface area contributed by atoms with Gasteiger partial charge >= 0.3 is 0 Å². The molecule has 0 aliphatic rings. The quantitative estimate of drug-likeness (QED) is 0.577. The van der Waals surface area contributed by atoms with Crippen molar-refractivity contribution in [1.82, 2.24) is 0 Å². The summed E-state index contributed by atoms with van der Waals surface area (Å²) in [5.74, 6) is 0. The van der Waals surface area contributed by atoms with E-state index in [0.717, 1.165) is 5.56 Å². The van der Waals surface area contributed by atoms with Crippen LogP contribution in [0.5, 0.6) is 0 Å². The Balaban J connectivity index is 3.06. The van der Waals surface area contributed by atoms with Crippen molar-refractivity contribution < 1.29 is 9.53 Å². The molecule has 0 N–H and O–H groups in total. The molecule has 2 nitrogen and oxygen atoms in total. The molecule has 0 unspecified atom stereocenters. The van der Waals surface area contributed by atoms with Crippen molar-refractivity contribution in [2.45, 2.75) is 11.4 Å². The topological polar surface area (TPSA) is 26.3 Å². The van der Waals surface area contributed by atoms with E-state index in [2.05, 4.69) is 4.74 Å². The first-order chi connectivity index (χ1) is 6.08. The zero-order valence-electron chi connectivity index (χ0n) is 6.96. The van der Waals surface area contributed by atoms with E-state index in [0.29, 0.717) is 5.56 Å². The Morgan fingerprint density at radius 2 is 2.00 bits per heavy atom. The molecular weight excluding hydrogens is 211 g/mol. The third-order valence-corrected chi connectivity index (χ3v) is 2.24. The fraction of sp³-hybridized carbons (Fsp3) is 0.222. The number of benzene rings is 1. The van der Waals surface area contributed by atoms with Crippen LogP contribution < -0.4 is 0 Å². The molecule has 0 amide bonds. The average Bonchev–Trinajstić information content (AvgIpc) is 2.04. The molecule has 0 heterocycles. The van der Waals surface area contributed by atoms with Crippen LogP contribution in [0.1, 0.15) is 11.1 Å². The van der Waals surface area contributed by atoms with Crippen LogP contribution in [0.3, 0.4) is 0 Å². The summed E-state index contributed by atoms with van der Waals surface area (Å²) < 4.78 is 2.96. The average molecular weight is 219 g/mol. The second kappa shape index (κ2) is 3.99. The van der Waals surface area contributed by atoms with E-state index in [1.54, 1.807) is 12.1 Å². The van der Waals surface area contributed by atoms with Gasteiger partial charge in [-0.3, -0.25) is 4.79 Å². The molecule has 0 spiro atoms. The first-order valence-corrected chi connectivity index (χ1v) is 4.39. The van der Waals surface area contributed by atoms with Gasteiger partial charge in [-0.15, -0.1) is 0 Å². The van der Waals surface area contributed by atoms with Crippen molar-refractivity contribution in [3.8, 4) is 0 Å². The lowest BCUT2D eigenvalue weighted by atomic mass is 10.1. The second-order valence-electron chi connectivity index (χ2n) is 2.55. The van der Waals surface area contributed by atoms with E-state index in [-0.39, 0.29) is 6.47 Å². The summed E-state index contributed by atoms with van der Waals surface area (Å²) in [5, 5.41) is 0. The highest BCUT2D eigenvalue weighted by molar-refractivity contribution is 6.47. The smallest absolute Gasteiger partial charge is 0.295 e. The Bertz CT molecular complexity index is 310. The highest BCUT2D eigenvalue weighted by Gasteiger charge is 2.29. The standard InChI is InChI=1S/C9H8Cl2O2/c1-7-4-2-3-5-8(7)9(10,11)13-6-12/h2-6H,1H3. The zero-order valence-corrected chi connectivity index (χ0v) is 8.47. The maximum Gasteiger partial charge on any atom is 0.295 e. The summed E-state index contributed by atoms with van der Waals surface area (Å²) in [7, 11) is 0. The summed E-state index contributed by atoms with van der Waals surface area (Å²) in [4.78, 5) is 10.1. The highest BCUT2D eigenvalue weighted by Crippen LogP contribution is 2.36. The minimum atomic E-state index is -1.59. The maximum absolute atomic E-state index is 10.1. The van der Waals surface area contributed by atoms with Gasteiger partial charge in [-0.05, 0) is 12.5 Å². The van der Waals surface area contributed by atoms with Gasteiger partial charge in [0, 0.05) is 5.56 Å². The molecule has 0 radical (unpaired) electrons. The molecule has 1 rings (SSSR count). The van der Waals surface area contributed by atoms with Gasteiger partial charge in [-0.2, -0.15) is 0 Å². The molecule has 0 fully saturated rings. The largest absolute Gasteiger partial charge is 0.426 e. The number of hydrogen-bond acceptors (Lipinski definition) is 2. The van der Waals surface area contributed by atoms with Crippen molar-refractivity contribution in [3.63, 3.8) is 0 Å². The number of carbonyl (C=O) groups excluding carboxylic acids is 1. The molecule has 0 aromatic heterocycles. The lowest BCUT2D eigenvalue weighted by Crippen LogP contribution is -2.15. The molecule has 0 aliphatic heterocycles. The van der Waals surface area contributed by atoms with Crippen LogP contribution in [0.15, 0.2) is 24.3 Å². The van der Waals surface area contributed by atoms with Gasteiger partial charge < -0.3 is 4.74 Å². The fourth-order valence-corrected chi connectivity index (χ4v) is 1.52. The second-order valence-corrected chi connectivity index (χ2v) is 3.80. The van der Waals surface area contributed by atoms with Crippen molar-refractivity contribution in [2.75, 3.05) is 0 Å². The van der Waals surface area contributed by atoms with Crippen LogP contribution in [0.4, 0.5) is 0 Å². The normalized spacial score (nSPS) is 11.0. The lowest BCUT2D eigenvalue weighted by molar-refractivity contribution is -0.132. The first-order valence-electron chi connectivity index (χ1n) is 3.63. The van der Waals surface area contributed by atoms with E-state index in [9.17, 15) is 4.79 Å². The van der Waals surface area contributed by atoms with Crippen LogP contribution in [-0.4, -0.2) is 6.47 Å². The third-order valence-electron chi connectivity index (χ3n) is 1.65. The molecule has 0 saturated heterocycles. The Morgan fingerprint density at radius 1 is 1.38 bits per heavy atom. The number of ether oxygens (including phenoxy) is 1. The zero-order chi connectivity index (χ0) is 9.90. The van der Waals surface area contributed by atoms with Gasteiger partial charge in [0.15, 0.2) is 0 Å². The van der Waals surface area contributed by atoms with Crippen LogP contribution in [0, 0.1) is 6.92 Å². The summed E-state index contributed by atoms with van der Waals surface area (Å²) in [6, 6.07) is 7.17. The van der Waals surface area contributed by atoms with E-state index in [1.807, 2.05) is 19.1 Å². The van der Waals surface area contributed by atoms with E-state index < -0.39 is 4.52 Å². The van der Waals surface area contributed by atoms with Crippen LogP contribution in [0.2, 0.25) is 0 Å². The van der Waals surface area contributed by atoms with Crippen LogP contribution in [-0.2, 0) is 14.1 Å². The summed E-state index contributed by atoms with van der Waals surface area (Å²) in [6.45, 7) is 2.06. The molecule has 4 heteroatoms. The summed E-state index contributed by atoms with van der Waals surface area (Å²) in [6.07, 6.45) is 0. The van der Waals surface area contributed by atoms with Gasteiger partial charge in [0.25, 0.3) is 11.0 Å². The SMILES string of the molecule is Cc1ccccc1C(Cl)(Cl)OC=O. The van der Waals surface area contributed by atoms with Crippen molar-refractivity contribution in [1.29, 1.82) is 0 Å². The molecule has 0 atom stereocenters. The molecular formula is C9H8Cl2O2. The van der Waals surface area contributed by atoms with Crippen molar-refractivity contribution in [3.05, 3.63) is 35.4 Å². The molecule has 0 aliphatic carbocycles. The number of carbonyl (C=O) groups is 1. The third kappa shape index (κ3) is 2.36. The minimum Gasteiger partial charge on any atom is -0.426 e. The Kier molecular flexibility index (Phi) is 3.17. The molecule has 0 bridgehead atoms. The Labute approximate surface area is 86.4 Å². The van der Waals surface area contributed by atoms with Gasteiger partial charge in [0.2, 0.25) is 0 Å². The van der Waals surface area contributed by atoms with Crippen LogP contribution >= 0.6 is 23.2 Å².